The van der Waals surface area contributed by atoms with Crippen molar-refractivity contribution in [1.29, 1.82) is 0 Å². The lowest BCUT2D eigenvalue weighted by atomic mass is 10.1. The Bertz CT molecular complexity index is 1070. The highest BCUT2D eigenvalue weighted by Gasteiger charge is 2.26. The summed E-state index contributed by atoms with van der Waals surface area (Å²) >= 11 is 0. The predicted molar refractivity (Wildman–Crippen MR) is 100 cm³/mol. The maximum absolute atomic E-state index is 13.4. The van der Waals surface area contributed by atoms with E-state index in [1.54, 1.807) is 41.6 Å². The Morgan fingerprint density at radius 3 is 2.46 bits per heavy atom. The lowest BCUT2D eigenvalue weighted by molar-refractivity contribution is 0.0988. The number of hydrogen-bond acceptors (Lipinski definition) is 3. The largest absolute Gasteiger partial charge is 0.322 e. The summed E-state index contributed by atoms with van der Waals surface area (Å²) < 4.78 is 26.4. The van der Waals surface area contributed by atoms with Crippen molar-refractivity contribution in [1.82, 2.24) is 4.98 Å². The van der Waals surface area contributed by atoms with Crippen molar-refractivity contribution >= 4 is 23.2 Å². The molecule has 2 heterocycles. The molecule has 3 aromatic rings. The molecular weight excluding hydrogens is 364 g/mol. The Morgan fingerprint density at radius 1 is 0.929 bits per heavy atom. The van der Waals surface area contributed by atoms with E-state index in [1.807, 2.05) is 6.07 Å². The second-order valence-corrected chi connectivity index (χ2v) is 6.37. The highest BCUT2D eigenvalue weighted by molar-refractivity contribution is 6.08. The molecule has 0 radical (unpaired) electrons. The average molecular weight is 379 g/mol. The van der Waals surface area contributed by atoms with Gasteiger partial charge in [-0.1, -0.05) is 6.07 Å². The highest BCUT2D eigenvalue weighted by atomic mass is 19.2. The van der Waals surface area contributed by atoms with E-state index < -0.39 is 17.5 Å². The molecule has 0 bridgehead atoms. The summed E-state index contributed by atoms with van der Waals surface area (Å²) in [6, 6.07) is 11.5. The van der Waals surface area contributed by atoms with Crippen LogP contribution in [0, 0.1) is 11.6 Å². The van der Waals surface area contributed by atoms with Crippen LogP contribution in [0.1, 0.15) is 26.3 Å². The number of amides is 2. The van der Waals surface area contributed by atoms with Gasteiger partial charge in [0.15, 0.2) is 11.6 Å². The maximum Gasteiger partial charge on any atom is 0.258 e. The molecule has 4 rings (SSSR count). The summed E-state index contributed by atoms with van der Waals surface area (Å²) in [6.07, 6.45) is 3.83. The molecule has 5 nitrogen and oxygen atoms in total. The zero-order chi connectivity index (χ0) is 19.7. The molecule has 0 atom stereocenters. The van der Waals surface area contributed by atoms with Crippen LogP contribution in [0.3, 0.4) is 0 Å². The summed E-state index contributed by atoms with van der Waals surface area (Å²) in [5, 5.41) is 2.66. The van der Waals surface area contributed by atoms with Gasteiger partial charge in [0.1, 0.15) is 0 Å². The van der Waals surface area contributed by atoms with E-state index in [4.69, 9.17) is 0 Å². The van der Waals surface area contributed by atoms with Crippen LogP contribution in [0.15, 0.2) is 60.9 Å². The summed E-state index contributed by atoms with van der Waals surface area (Å²) in [6.45, 7) is 0.539. The van der Waals surface area contributed by atoms with Crippen LogP contribution in [-0.2, 0) is 6.42 Å². The van der Waals surface area contributed by atoms with Crippen molar-refractivity contribution in [3.05, 3.63) is 89.2 Å². The number of hydrogen-bond donors (Lipinski definition) is 1. The third-order valence-electron chi connectivity index (χ3n) is 4.59. The first-order valence-corrected chi connectivity index (χ1v) is 8.64. The second-order valence-electron chi connectivity index (χ2n) is 6.37. The van der Waals surface area contributed by atoms with Crippen LogP contribution in [0.4, 0.5) is 20.2 Å². The molecule has 1 aliphatic heterocycles. The number of nitrogens with zero attached hydrogens (tertiary/aromatic N) is 2. The number of anilines is 2. The van der Waals surface area contributed by atoms with E-state index in [1.165, 1.54) is 6.07 Å². The monoisotopic (exact) mass is 379 g/mol. The molecule has 0 fully saturated rings. The number of carbonyl (C=O) groups is 2. The van der Waals surface area contributed by atoms with Gasteiger partial charge in [-0.25, -0.2) is 8.78 Å². The van der Waals surface area contributed by atoms with E-state index in [0.29, 0.717) is 29.9 Å². The fraction of sp³-hybridized carbons (Fsp3) is 0.0952. The minimum atomic E-state index is -1.09. The van der Waals surface area contributed by atoms with Crippen molar-refractivity contribution in [3.63, 3.8) is 0 Å². The number of carbonyl (C=O) groups excluding carboxylic acids is 2. The number of aromatic nitrogens is 1. The molecule has 140 valence electrons. The molecule has 0 aliphatic carbocycles. The van der Waals surface area contributed by atoms with Gasteiger partial charge < -0.3 is 10.2 Å². The van der Waals surface area contributed by atoms with Crippen LogP contribution in [0.5, 0.6) is 0 Å². The summed E-state index contributed by atoms with van der Waals surface area (Å²) in [7, 11) is 0. The molecule has 2 aromatic carbocycles. The quantitative estimate of drug-likeness (QED) is 0.753. The van der Waals surface area contributed by atoms with Gasteiger partial charge in [0.25, 0.3) is 11.8 Å². The van der Waals surface area contributed by atoms with Crippen molar-refractivity contribution in [2.45, 2.75) is 6.42 Å². The number of benzene rings is 2. The molecule has 0 unspecified atom stereocenters. The highest BCUT2D eigenvalue weighted by Crippen LogP contribution is 2.32. The molecule has 7 heteroatoms. The Balaban J connectivity index is 1.57. The normalized spacial score (nSPS) is 12.6. The lowest BCUT2D eigenvalue weighted by Crippen LogP contribution is -2.28. The van der Waals surface area contributed by atoms with Crippen LogP contribution in [0.2, 0.25) is 0 Å². The van der Waals surface area contributed by atoms with Gasteiger partial charge in [-0.05, 0) is 54.4 Å². The Morgan fingerprint density at radius 2 is 1.71 bits per heavy atom. The minimum absolute atomic E-state index is 0.00381. The molecule has 1 aromatic heterocycles. The van der Waals surface area contributed by atoms with Crippen molar-refractivity contribution in [2.75, 3.05) is 16.8 Å². The van der Waals surface area contributed by atoms with Crippen LogP contribution < -0.4 is 10.2 Å². The van der Waals surface area contributed by atoms with Crippen molar-refractivity contribution in [2.24, 2.45) is 0 Å². The van der Waals surface area contributed by atoms with Gasteiger partial charge in [0, 0.05) is 41.4 Å². The zero-order valence-corrected chi connectivity index (χ0v) is 14.7. The maximum atomic E-state index is 13.4. The fourth-order valence-corrected chi connectivity index (χ4v) is 3.16. The second kappa shape index (κ2) is 7.19. The number of nitrogens with one attached hydrogen (secondary N) is 1. The number of fused-ring (bicyclic) bond motifs is 1. The zero-order valence-electron chi connectivity index (χ0n) is 14.7. The third-order valence-corrected chi connectivity index (χ3v) is 4.59. The van der Waals surface area contributed by atoms with E-state index in [2.05, 4.69) is 10.3 Å². The molecule has 0 saturated heterocycles. The fourth-order valence-electron chi connectivity index (χ4n) is 3.16. The topological polar surface area (TPSA) is 62.3 Å². The van der Waals surface area contributed by atoms with Crippen LogP contribution in [0.25, 0.3) is 0 Å². The molecule has 28 heavy (non-hydrogen) atoms. The summed E-state index contributed by atoms with van der Waals surface area (Å²) in [5.41, 5.74) is 2.70. The van der Waals surface area contributed by atoms with Gasteiger partial charge in [0.05, 0.1) is 0 Å². The Hall–Kier alpha value is -3.61. The first-order chi connectivity index (χ1) is 13.5. The van der Waals surface area contributed by atoms with Crippen LogP contribution >= 0.6 is 0 Å². The molecule has 1 N–H and O–H groups in total. The summed E-state index contributed by atoms with van der Waals surface area (Å²) in [4.78, 5) is 30.7. The molecular formula is C21H15F2N3O2. The third kappa shape index (κ3) is 3.34. The minimum Gasteiger partial charge on any atom is -0.322 e. The van der Waals surface area contributed by atoms with E-state index in [9.17, 15) is 18.4 Å². The van der Waals surface area contributed by atoms with Gasteiger partial charge in [0.2, 0.25) is 0 Å². The lowest BCUT2D eigenvalue weighted by Gasteiger charge is -2.18. The van der Waals surface area contributed by atoms with E-state index >= 15 is 0 Å². The molecule has 1 aliphatic rings. The summed E-state index contributed by atoms with van der Waals surface area (Å²) in [5.74, 6) is -2.82. The Kier molecular flexibility index (Phi) is 4.57. The predicted octanol–water partition coefficient (Wildman–Crippen LogP) is 3.82. The SMILES string of the molecule is O=C(Nc1ccc2c(c1)N(C(=O)c1ccncc1)CC2)c1ccc(F)c(F)c1. The van der Waals surface area contributed by atoms with Gasteiger partial charge >= 0.3 is 0 Å². The first kappa shape index (κ1) is 17.8. The van der Waals surface area contributed by atoms with Crippen molar-refractivity contribution in [3.8, 4) is 0 Å². The first-order valence-electron chi connectivity index (χ1n) is 8.64. The van der Waals surface area contributed by atoms with E-state index in [-0.39, 0.29) is 11.5 Å². The number of pyridine rings is 1. The van der Waals surface area contributed by atoms with Gasteiger partial charge in [-0.3, -0.25) is 14.6 Å². The Labute approximate surface area is 159 Å². The number of rotatable bonds is 3. The average Bonchev–Trinajstić information content (AvgIpc) is 3.13. The van der Waals surface area contributed by atoms with Gasteiger partial charge in [-0.15, -0.1) is 0 Å². The van der Waals surface area contributed by atoms with Crippen molar-refractivity contribution < 1.29 is 18.4 Å². The molecule has 2 amide bonds. The standard InChI is InChI=1S/C21H15F2N3O2/c22-17-4-2-15(11-18(17)23)20(27)25-16-3-1-13-7-10-26(19(13)12-16)21(28)14-5-8-24-9-6-14/h1-6,8-9,11-12H,7,10H2,(H,25,27). The number of halogens is 2. The van der Waals surface area contributed by atoms with Gasteiger partial charge in [-0.2, -0.15) is 0 Å². The molecule has 0 saturated carbocycles. The van der Waals surface area contributed by atoms with Crippen LogP contribution in [-0.4, -0.2) is 23.3 Å². The van der Waals surface area contributed by atoms with E-state index in [0.717, 1.165) is 17.7 Å². The molecule has 0 spiro atoms. The smallest absolute Gasteiger partial charge is 0.258 e.